The fraction of sp³-hybridized carbons (Fsp3) is 0.545. The summed E-state index contributed by atoms with van der Waals surface area (Å²) in [5.74, 6) is 0.711. The zero-order chi connectivity index (χ0) is 13.1. The number of hydrogen-bond donors (Lipinski definition) is 4. The van der Waals surface area contributed by atoms with E-state index >= 15 is 0 Å². The van der Waals surface area contributed by atoms with E-state index in [0.717, 1.165) is 19.4 Å². The fourth-order valence-electron chi connectivity index (χ4n) is 1.75. The van der Waals surface area contributed by atoms with Crippen LogP contribution in [-0.2, 0) is 6.42 Å². The number of hydrogen-bond acceptors (Lipinski definition) is 4. The molecule has 2 heterocycles. The third-order valence-electron chi connectivity index (χ3n) is 2.58. The normalized spacial score (nSPS) is 11.5. The van der Waals surface area contributed by atoms with Gasteiger partial charge in [0.2, 0.25) is 0 Å². The van der Waals surface area contributed by atoms with Crippen molar-refractivity contribution < 1.29 is 0 Å². The minimum absolute atomic E-state index is 0.315. The Labute approximate surface area is 103 Å². The maximum absolute atomic E-state index is 11.5. The molecule has 0 unspecified atom stereocenters. The molecule has 0 aliphatic rings. The van der Waals surface area contributed by atoms with Crippen LogP contribution >= 0.6 is 0 Å². The maximum Gasteiger partial charge on any atom is 0.327 e. The molecule has 0 spiro atoms. The molecule has 0 aromatic carbocycles. The Morgan fingerprint density at radius 2 is 2.00 bits per heavy atom. The second-order valence-electron chi connectivity index (χ2n) is 4.53. The average Bonchev–Trinajstić information content (AvgIpc) is 2.67. The minimum Gasteiger partial charge on any atom is -0.336 e. The first-order valence-corrected chi connectivity index (χ1v) is 6.01. The molecule has 0 bridgehead atoms. The van der Waals surface area contributed by atoms with Gasteiger partial charge in [0.25, 0.3) is 5.56 Å². The van der Waals surface area contributed by atoms with Gasteiger partial charge in [-0.05, 0) is 13.0 Å². The summed E-state index contributed by atoms with van der Waals surface area (Å²) in [6.45, 7) is 5.07. The second-order valence-corrected chi connectivity index (χ2v) is 4.53. The first-order valence-electron chi connectivity index (χ1n) is 6.01. The summed E-state index contributed by atoms with van der Waals surface area (Å²) in [7, 11) is 0. The van der Waals surface area contributed by atoms with Gasteiger partial charge in [-0.3, -0.25) is 14.8 Å². The summed E-state index contributed by atoms with van der Waals surface area (Å²) < 4.78 is 0. The Morgan fingerprint density at radius 3 is 2.72 bits per heavy atom. The van der Waals surface area contributed by atoms with Crippen LogP contribution < -0.4 is 16.6 Å². The predicted octanol–water partition coefficient (Wildman–Crippen LogP) is -0.130. The lowest BCUT2D eigenvalue weighted by atomic mass is 10.3. The molecule has 0 fully saturated rings. The Balaban J connectivity index is 2.09. The van der Waals surface area contributed by atoms with E-state index in [0.29, 0.717) is 23.0 Å². The van der Waals surface area contributed by atoms with Crippen LogP contribution in [0.25, 0.3) is 11.2 Å². The summed E-state index contributed by atoms with van der Waals surface area (Å²) in [5.41, 5.74) is -0.336. The minimum atomic E-state index is -0.535. The van der Waals surface area contributed by atoms with Crippen LogP contribution in [-0.4, -0.2) is 32.5 Å². The number of aromatic nitrogens is 4. The van der Waals surface area contributed by atoms with Crippen molar-refractivity contribution in [3.63, 3.8) is 0 Å². The van der Waals surface area contributed by atoms with Crippen LogP contribution in [0.5, 0.6) is 0 Å². The SMILES string of the molecule is CC(C)NCCCc1nc2[nH]c(=O)[nH]c(=O)c2[nH]1. The molecule has 7 heteroatoms. The maximum atomic E-state index is 11.5. The fourth-order valence-corrected chi connectivity index (χ4v) is 1.75. The van der Waals surface area contributed by atoms with Crippen molar-refractivity contribution in [3.8, 4) is 0 Å². The number of rotatable bonds is 5. The number of H-pyrrole nitrogens is 3. The molecule has 0 aliphatic carbocycles. The van der Waals surface area contributed by atoms with Crippen molar-refractivity contribution in [2.24, 2.45) is 0 Å². The van der Waals surface area contributed by atoms with Crippen molar-refractivity contribution in [3.05, 3.63) is 26.7 Å². The second kappa shape index (κ2) is 5.18. The van der Waals surface area contributed by atoms with Gasteiger partial charge >= 0.3 is 5.69 Å². The van der Waals surface area contributed by atoms with Crippen molar-refractivity contribution >= 4 is 11.2 Å². The van der Waals surface area contributed by atoms with Crippen molar-refractivity contribution in [1.29, 1.82) is 0 Å². The van der Waals surface area contributed by atoms with Crippen LogP contribution in [0, 0.1) is 0 Å². The zero-order valence-corrected chi connectivity index (χ0v) is 10.5. The smallest absolute Gasteiger partial charge is 0.327 e. The number of aromatic amines is 3. The molecule has 2 aromatic heterocycles. The quantitative estimate of drug-likeness (QED) is 0.555. The van der Waals surface area contributed by atoms with Gasteiger partial charge in [0.05, 0.1) is 0 Å². The molecule has 0 saturated carbocycles. The summed E-state index contributed by atoms with van der Waals surface area (Å²) >= 11 is 0. The highest BCUT2D eigenvalue weighted by molar-refractivity contribution is 5.68. The first kappa shape index (κ1) is 12.6. The van der Waals surface area contributed by atoms with Crippen LogP contribution in [0.15, 0.2) is 9.59 Å². The summed E-state index contributed by atoms with van der Waals surface area (Å²) in [5, 5.41) is 3.30. The van der Waals surface area contributed by atoms with Crippen LogP contribution in [0.4, 0.5) is 0 Å². The summed E-state index contributed by atoms with van der Waals surface area (Å²) in [6, 6.07) is 0.458. The van der Waals surface area contributed by atoms with E-state index in [2.05, 4.69) is 39.1 Å². The average molecular weight is 251 g/mol. The summed E-state index contributed by atoms with van der Waals surface area (Å²) in [4.78, 5) is 34.3. The molecular weight excluding hydrogens is 234 g/mol. The number of nitrogens with one attached hydrogen (secondary N) is 4. The Bertz CT molecular complexity index is 637. The van der Waals surface area contributed by atoms with Crippen molar-refractivity contribution in [1.82, 2.24) is 25.3 Å². The van der Waals surface area contributed by atoms with Crippen molar-refractivity contribution in [2.45, 2.75) is 32.7 Å². The highest BCUT2D eigenvalue weighted by Gasteiger charge is 2.07. The van der Waals surface area contributed by atoms with Gasteiger partial charge in [-0.2, -0.15) is 0 Å². The molecule has 4 N–H and O–H groups in total. The number of fused-ring (bicyclic) bond motifs is 1. The Hall–Kier alpha value is -1.89. The monoisotopic (exact) mass is 251 g/mol. The lowest BCUT2D eigenvalue weighted by molar-refractivity contribution is 0.567. The first-order chi connectivity index (χ1) is 8.56. The largest absolute Gasteiger partial charge is 0.336 e. The topological polar surface area (TPSA) is 106 Å². The number of imidazole rings is 1. The number of aryl methyl sites for hydroxylation is 1. The van der Waals surface area contributed by atoms with Crippen LogP contribution in [0.2, 0.25) is 0 Å². The standard InChI is InChI=1S/C11H17N5O2/c1-6(2)12-5-3-4-7-13-8-9(14-7)15-11(18)16-10(8)17/h6,12H,3-5H2,1-2H3,(H3,13,14,15,16,17,18). The van der Waals surface area contributed by atoms with E-state index in [9.17, 15) is 9.59 Å². The van der Waals surface area contributed by atoms with Gasteiger partial charge in [0.1, 0.15) is 11.3 Å². The van der Waals surface area contributed by atoms with Gasteiger partial charge in [0.15, 0.2) is 5.65 Å². The van der Waals surface area contributed by atoms with Gasteiger partial charge in [-0.25, -0.2) is 9.78 Å². The third kappa shape index (κ3) is 2.86. The van der Waals surface area contributed by atoms with E-state index in [1.807, 2.05) is 0 Å². The Morgan fingerprint density at radius 1 is 1.22 bits per heavy atom. The lowest BCUT2D eigenvalue weighted by Crippen LogP contribution is -2.24. The Kier molecular flexibility index (Phi) is 3.61. The lowest BCUT2D eigenvalue weighted by Gasteiger charge is -2.06. The third-order valence-corrected chi connectivity index (χ3v) is 2.58. The van der Waals surface area contributed by atoms with E-state index < -0.39 is 11.2 Å². The van der Waals surface area contributed by atoms with Crippen molar-refractivity contribution in [2.75, 3.05) is 6.54 Å². The molecule has 2 aromatic rings. The highest BCUT2D eigenvalue weighted by atomic mass is 16.2. The molecule has 98 valence electrons. The molecule has 0 saturated heterocycles. The van der Waals surface area contributed by atoms with Gasteiger partial charge < -0.3 is 10.3 Å². The molecule has 0 atom stereocenters. The van der Waals surface area contributed by atoms with Gasteiger partial charge in [-0.15, -0.1) is 0 Å². The van der Waals surface area contributed by atoms with E-state index in [1.165, 1.54) is 0 Å². The van der Waals surface area contributed by atoms with E-state index in [-0.39, 0.29) is 0 Å². The van der Waals surface area contributed by atoms with Crippen LogP contribution in [0.3, 0.4) is 0 Å². The summed E-state index contributed by atoms with van der Waals surface area (Å²) in [6.07, 6.45) is 1.65. The van der Waals surface area contributed by atoms with Gasteiger partial charge in [0, 0.05) is 12.5 Å². The molecule has 0 amide bonds. The van der Waals surface area contributed by atoms with Gasteiger partial charge in [-0.1, -0.05) is 13.8 Å². The molecule has 2 rings (SSSR count). The molecule has 0 aliphatic heterocycles. The zero-order valence-electron chi connectivity index (χ0n) is 10.5. The molecule has 0 radical (unpaired) electrons. The molecule has 18 heavy (non-hydrogen) atoms. The van der Waals surface area contributed by atoms with E-state index in [4.69, 9.17) is 0 Å². The molecule has 7 nitrogen and oxygen atoms in total. The van der Waals surface area contributed by atoms with E-state index in [1.54, 1.807) is 0 Å². The highest BCUT2D eigenvalue weighted by Crippen LogP contribution is 2.03. The van der Waals surface area contributed by atoms with Crippen LogP contribution in [0.1, 0.15) is 26.1 Å². The number of nitrogens with zero attached hydrogens (tertiary/aromatic N) is 1. The predicted molar refractivity (Wildman–Crippen MR) is 68.8 cm³/mol. The molecular formula is C11H17N5O2.